The Morgan fingerprint density at radius 3 is 3.08 bits per heavy atom. The SMILES string of the molecule is CC[C@@]12OC[C@@H](O1)C(=O)C[C@H]2C. The number of ether oxygens (including phenoxy) is 2. The molecule has 0 N–H and O–H groups in total. The van der Waals surface area contributed by atoms with E-state index < -0.39 is 5.79 Å². The Bertz CT molecular complexity index is 214. The molecule has 2 heterocycles. The van der Waals surface area contributed by atoms with Crippen LogP contribution in [0.3, 0.4) is 0 Å². The van der Waals surface area contributed by atoms with Gasteiger partial charge >= 0.3 is 0 Å². The molecule has 0 aromatic heterocycles. The summed E-state index contributed by atoms with van der Waals surface area (Å²) in [5.41, 5.74) is 0. The van der Waals surface area contributed by atoms with Crippen LogP contribution in [0.4, 0.5) is 0 Å². The highest BCUT2D eigenvalue weighted by Gasteiger charge is 2.51. The van der Waals surface area contributed by atoms with Gasteiger partial charge in [-0.25, -0.2) is 0 Å². The maximum absolute atomic E-state index is 11.3. The number of carbonyl (C=O) groups excluding carboxylic acids is 1. The monoisotopic (exact) mass is 170 g/mol. The average molecular weight is 170 g/mol. The van der Waals surface area contributed by atoms with Crippen molar-refractivity contribution >= 4 is 5.78 Å². The first-order chi connectivity index (χ1) is 5.68. The summed E-state index contributed by atoms with van der Waals surface area (Å²) in [6.07, 6.45) is 1.16. The van der Waals surface area contributed by atoms with Crippen LogP contribution in [0.1, 0.15) is 26.7 Å². The number of ketones is 1. The van der Waals surface area contributed by atoms with Crippen LogP contribution in [0, 0.1) is 5.92 Å². The molecular weight excluding hydrogens is 156 g/mol. The molecule has 2 fully saturated rings. The maximum atomic E-state index is 11.3. The van der Waals surface area contributed by atoms with Crippen LogP contribution in [-0.2, 0) is 14.3 Å². The maximum Gasteiger partial charge on any atom is 0.172 e. The largest absolute Gasteiger partial charge is 0.346 e. The van der Waals surface area contributed by atoms with Gasteiger partial charge in [0, 0.05) is 12.3 Å². The topological polar surface area (TPSA) is 35.5 Å². The molecule has 2 aliphatic heterocycles. The summed E-state index contributed by atoms with van der Waals surface area (Å²) in [4.78, 5) is 11.3. The molecule has 3 heteroatoms. The average Bonchev–Trinajstić information content (AvgIpc) is 2.44. The first-order valence-corrected chi connectivity index (χ1v) is 4.52. The molecule has 0 amide bonds. The number of Topliss-reactive ketones (excluding diaryl/α,β-unsaturated/α-hetero) is 1. The number of rotatable bonds is 1. The number of hydrogen-bond donors (Lipinski definition) is 0. The van der Waals surface area contributed by atoms with Crippen LogP contribution in [0.2, 0.25) is 0 Å². The normalized spacial score (nSPS) is 46.7. The molecule has 2 bridgehead atoms. The van der Waals surface area contributed by atoms with Crippen LogP contribution < -0.4 is 0 Å². The lowest BCUT2D eigenvalue weighted by atomic mass is 9.90. The van der Waals surface area contributed by atoms with E-state index in [4.69, 9.17) is 9.47 Å². The highest BCUT2D eigenvalue weighted by molar-refractivity contribution is 5.84. The zero-order chi connectivity index (χ0) is 8.77. The van der Waals surface area contributed by atoms with E-state index in [-0.39, 0.29) is 17.8 Å². The lowest BCUT2D eigenvalue weighted by Gasteiger charge is -2.35. The van der Waals surface area contributed by atoms with E-state index in [9.17, 15) is 4.79 Å². The molecule has 12 heavy (non-hydrogen) atoms. The second kappa shape index (κ2) is 2.54. The fraction of sp³-hybridized carbons (Fsp3) is 0.889. The van der Waals surface area contributed by atoms with Gasteiger partial charge in [0.15, 0.2) is 11.6 Å². The van der Waals surface area contributed by atoms with E-state index in [2.05, 4.69) is 0 Å². The first-order valence-electron chi connectivity index (χ1n) is 4.52. The predicted molar refractivity (Wildman–Crippen MR) is 42.6 cm³/mol. The Balaban J connectivity index is 2.24. The smallest absolute Gasteiger partial charge is 0.172 e. The minimum atomic E-state index is -0.446. The highest BCUT2D eigenvalue weighted by atomic mass is 16.7. The van der Waals surface area contributed by atoms with Crippen molar-refractivity contribution in [1.29, 1.82) is 0 Å². The fourth-order valence-electron chi connectivity index (χ4n) is 2.07. The zero-order valence-corrected chi connectivity index (χ0v) is 7.50. The van der Waals surface area contributed by atoms with Gasteiger partial charge in [-0.2, -0.15) is 0 Å². The lowest BCUT2D eigenvalue weighted by Crippen LogP contribution is -2.44. The van der Waals surface area contributed by atoms with Crippen molar-refractivity contribution in [2.45, 2.75) is 38.6 Å². The van der Waals surface area contributed by atoms with Gasteiger partial charge in [0.2, 0.25) is 0 Å². The summed E-state index contributed by atoms with van der Waals surface area (Å²) in [6, 6.07) is 0. The second-order valence-corrected chi connectivity index (χ2v) is 3.65. The van der Waals surface area contributed by atoms with Crippen LogP contribution in [0.15, 0.2) is 0 Å². The molecular formula is C9H14O3. The molecule has 3 atom stereocenters. The third-order valence-electron chi connectivity index (χ3n) is 2.93. The molecule has 2 saturated heterocycles. The minimum Gasteiger partial charge on any atom is -0.346 e. The molecule has 2 aliphatic rings. The molecule has 0 spiro atoms. The molecule has 0 radical (unpaired) electrons. The molecule has 0 aromatic rings. The van der Waals surface area contributed by atoms with Crippen LogP contribution >= 0.6 is 0 Å². The van der Waals surface area contributed by atoms with Crippen LogP contribution in [0.5, 0.6) is 0 Å². The summed E-state index contributed by atoms with van der Waals surface area (Å²) in [5, 5.41) is 0. The van der Waals surface area contributed by atoms with Gasteiger partial charge in [0.05, 0.1) is 6.61 Å². The van der Waals surface area contributed by atoms with E-state index >= 15 is 0 Å². The summed E-state index contributed by atoms with van der Waals surface area (Å²) in [5.74, 6) is -0.0451. The van der Waals surface area contributed by atoms with Gasteiger partial charge in [-0.15, -0.1) is 0 Å². The first kappa shape index (κ1) is 8.20. The van der Waals surface area contributed by atoms with Crippen molar-refractivity contribution in [2.24, 2.45) is 5.92 Å². The van der Waals surface area contributed by atoms with Crippen molar-refractivity contribution in [2.75, 3.05) is 6.61 Å². The summed E-state index contributed by atoms with van der Waals surface area (Å²) < 4.78 is 11.1. The van der Waals surface area contributed by atoms with E-state index in [1.165, 1.54) is 0 Å². The Hall–Kier alpha value is -0.410. The Morgan fingerprint density at radius 1 is 1.67 bits per heavy atom. The van der Waals surface area contributed by atoms with Crippen molar-refractivity contribution in [3.05, 3.63) is 0 Å². The van der Waals surface area contributed by atoms with Crippen molar-refractivity contribution < 1.29 is 14.3 Å². The molecule has 2 rings (SSSR count). The molecule has 0 aliphatic carbocycles. The van der Waals surface area contributed by atoms with Crippen LogP contribution in [0.25, 0.3) is 0 Å². The third kappa shape index (κ3) is 0.930. The molecule has 0 aromatic carbocycles. The van der Waals surface area contributed by atoms with Gasteiger partial charge in [-0.3, -0.25) is 4.79 Å². The number of hydrogen-bond acceptors (Lipinski definition) is 3. The number of fused-ring (bicyclic) bond motifs is 2. The van der Waals surface area contributed by atoms with Gasteiger partial charge in [-0.05, 0) is 6.42 Å². The summed E-state index contributed by atoms with van der Waals surface area (Å²) in [6.45, 7) is 4.51. The summed E-state index contributed by atoms with van der Waals surface area (Å²) in [7, 11) is 0. The fourth-order valence-corrected chi connectivity index (χ4v) is 2.07. The van der Waals surface area contributed by atoms with E-state index in [0.717, 1.165) is 6.42 Å². The summed E-state index contributed by atoms with van der Waals surface area (Å²) >= 11 is 0. The van der Waals surface area contributed by atoms with Gasteiger partial charge in [0.1, 0.15) is 6.10 Å². The van der Waals surface area contributed by atoms with E-state index in [1.54, 1.807) is 0 Å². The predicted octanol–water partition coefficient (Wildman–Crippen LogP) is 1.12. The highest BCUT2D eigenvalue weighted by Crippen LogP contribution is 2.40. The van der Waals surface area contributed by atoms with Crippen molar-refractivity contribution in [3.63, 3.8) is 0 Å². The van der Waals surface area contributed by atoms with Crippen molar-refractivity contribution in [1.82, 2.24) is 0 Å². The lowest BCUT2D eigenvalue weighted by molar-refractivity contribution is -0.217. The second-order valence-electron chi connectivity index (χ2n) is 3.65. The van der Waals surface area contributed by atoms with Crippen LogP contribution in [-0.4, -0.2) is 24.3 Å². The Morgan fingerprint density at radius 2 is 2.42 bits per heavy atom. The van der Waals surface area contributed by atoms with Gasteiger partial charge in [0.25, 0.3) is 0 Å². The minimum absolute atomic E-state index is 0.198. The zero-order valence-electron chi connectivity index (χ0n) is 7.50. The quantitative estimate of drug-likeness (QED) is 0.591. The molecule has 68 valence electrons. The standard InChI is InChI=1S/C9H14O3/c1-3-9-6(2)4-7(10)8(12-9)5-11-9/h6,8H,3-5H2,1-2H3/t6-,8-,9-/m1/s1. The molecule has 0 unspecified atom stereocenters. The Labute approximate surface area is 72.0 Å². The number of carbonyl (C=O) groups is 1. The molecule has 0 saturated carbocycles. The van der Waals surface area contributed by atoms with E-state index in [1.807, 2.05) is 13.8 Å². The van der Waals surface area contributed by atoms with Gasteiger partial charge < -0.3 is 9.47 Å². The third-order valence-corrected chi connectivity index (χ3v) is 2.93. The van der Waals surface area contributed by atoms with Crippen molar-refractivity contribution in [3.8, 4) is 0 Å². The van der Waals surface area contributed by atoms with E-state index in [0.29, 0.717) is 13.0 Å². The molecule has 3 nitrogen and oxygen atoms in total. The Kier molecular flexibility index (Phi) is 1.73. The van der Waals surface area contributed by atoms with Gasteiger partial charge in [-0.1, -0.05) is 13.8 Å².